The van der Waals surface area contributed by atoms with Crippen molar-refractivity contribution in [2.24, 2.45) is 7.05 Å². The van der Waals surface area contributed by atoms with Gasteiger partial charge in [-0.3, -0.25) is 0 Å². The zero-order chi connectivity index (χ0) is 8.27. The van der Waals surface area contributed by atoms with E-state index in [0.717, 1.165) is 8.29 Å². The molecule has 0 fully saturated rings. The zero-order valence-electron chi connectivity index (χ0n) is 5.77. The minimum Gasteiger partial charge on any atom is -0.247 e. The molecule has 11 heavy (non-hydrogen) atoms. The summed E-state index contributed by atoms with van der Waals surface area (Å²) in [5, 5.41) is 12.4. The van der Waals surface area contributed by atoms with E-state index in [1.54, 1.807) is 11.7 Å². The number of thioether (sulfide) groups is 1. The average Bonchev–Trinajstić information content (AvgIpc) is 2.28. The smallest absolute Gasteiger partial charge is 0.179 e. The lowest BCUT2D eigenvalue weighted by atomic mass is 10.9. The van der Waals surface area contributed by atoms with Gasteiger partial charge in [0.25, 0.3) is 0 Å². The first-order chi connectivity index (χ1) is 5.24. The standard InChI is InChI=1S/C5H5N3S3/c1-8-5(9)11-4(7-8)10-3-2-6/h3H2,1H3. The fourth-order valence-corrected chi connectivity index (χ4v) is 2.42. The highest BCUT2D eigenvalue weighted by Crippen LogP contribution is 2.20. The molecule has 0 N–H and O–H groups in total. The summed E-state index contributed by atoms with van der Waals surface area (Å²) in [6, 6.07) is 2.03. The van der Waals surface area contributed by atoms with Crippen molar-refractivity contribution in [1.82, 2.24) is 9.78 Å². The van der Waals surface area contributed by atoms with E-state index in [1.807, 2.05) is 6.07 Å². The van der Waals surface area contributed by atoms with E-state index in [9.17, 15) is 0 Å². The van der Waals surface area contributed by atoms with E-state index in [1.165, 1.54) is 23.1 Å². The molecule has 0 spiro atoms. The Kier molecular flexibility index (Phi) is 3.05. The largest absolute Gasteiger partial charge is 0.247 e. The molecule has 0 unspecified atom stereocenters. The zero-order valence-corrected chi connectivity index (χ0v) is 8.22. The van der Waals surface area contributed by atoms with Gasteiger partial charge in [-0.05, 0) is 12.2 Å². The summed E-state index contributed by atoms with van der Waals surface area (Å²) in [4.78, 5) is 0. The van der Waals surface area contributed by atoms with Crippen molar-refractivity contribution >= 4 is 35.3 Å². The lowest BCUT2D eigenvalue weighted by Gasteiger charge is -1.84. The molecule has 0 aliphatic carbocycles. The van der Waals surface area contributed by atoms with Crippen LogP contribution in [0.1, 0.15) is 0 Å². The Bertz CT molecular complexity index is 331. The van der Waals surface area contributed by atoms with Crippen molar-refractivity contribution in [3.8, 4) is 6.07 Å². The van der Waals surface area contributed by atoms with Crippen molar-refractivity contribution in [1.29, 1.82) is 5.26 Å². The van der Waals surface area contributed by atoms with Gasteiger partial charge in [0.15, 0.2) is 8.29 Å². The van der Waals surface area contributed by atoms with Crippen LogP contribution in [-0.4, -0.2) is 15.5 Å². The molecule has 6 heteroatoms. The first kappa shape index (κ1) is 8.71. The molecule has 0 aromatic carbocycles. The van der Waals surface area contributed by atoms with E-state index < -0.39 is 0 Å². The van der Waals surface area contributed by atoms with E-state index in [4.69, 9.17) is 17.5 Å². The molecule has 0 saturated carbocycles. The third kappa shape index (κ3) is 2.29. The number of aromatic nitrogens is 2. The van der Waals surface area contributed by atoms with Gasteiger partial charge in [-0.2, -0.15) is 10.4 Å². The molecule has 0 amide bonds. The SMILES string of the molecule is Cn1nc(SCC#N)sc1=S. The van der Waals surface area contributed by atoms with Crippen LogP contribution in [0.15, 0.2) is 4.34 Å². The molecular formula is C5H5N3S3. The highest BCUT2D eigenvalue weighted by Gasteiger charge is 1.99. The van der Waals surface area contributed by atoms with Crippen LogP contribution >= 0.6 is 35.3 Å². The van der Waals surface area contributed by atoms with Crippen LogP contribution in [-0.2, 0) is 7.05 Å². The van der Waals surface area contributed by atoms with Crippen LogP contribution < -0.4 is 0 Å². The van der Waals surface area contributed by atoms with Crippen LogP contribution in [0.2, 0.25) is 0 Å². The van der Waals surface area contributed by atoms with E-state index in [-0.39, 0.29) is 0 Å². The summed E-state index contributed by atoms with van der Waals surface area (Å²) in [5.41, 5.74) is 0. The molecule has 0 aliphatic rings. The third-order valence-corrected chi connectivity index (χ3v) is 3.35. The predicted octanol–water partition coefficient (Wildman–Crippen LogP) is 1.83. The lowest BCUT2D eigenvalue weighted by Crippen LogP contribution is -1.88. The number of rotatable bonds is 2. The summed E-state index contributed by atoms with van der Waals surface area (Å²) in [5.74, 6) is 0.433. The number of hydrogen-bond donors (Lipinski definition) is 0. The second-order valence-electron chi connectivity index (χ2n) is 1.70. The Hall–Kier alpha value is -0.380. The first-order valence-electron chi connectivity index (χ1n) is 2.78. The highest BCUT2D eigenvalue weighted by molar-refractivity contribution is 8.01. The van der Waals surface area contributed by atoms with Crippen molar-refractivity contribution < 1.29 is 0 Å². The van der Waals surface area contributed by atoms with E-state index in [0.29, 0.717) is 5.75 Å². The number of hydrogen-bond acceptors (Lipinski definition) is 5. The van der Waals surface area contributed by atoms with Crippen molar-refractivity contribution in [2.75, 3.05) is 5.75 Å². The van der Waals surface area contributed by atoms with Crippen LogP contribution in [0, 0.1) is 15.3 Å². The summed E-state index contributed by atoms with van der Waals surface area (Å²) < 4.78 is 3.24. The van der Waals surface area contributed by atoms with Gasteiger partial charge in [-0.25, -0.2) is 4.68 Å². The Morgan fingerprint density at radius 3 is 3.09 bits per heavy atom. The first-order valence-corrected chi connectivity index (χ1v) is 4.99. The quantitative estimate of drug-likeness (QED) is 0.543. The summed E-state index contributed by atoms with van der Waals surface area (Å²) >= 11 is 7.79. The topological polar surface area (TPSA) is 41.6 Å². The maximum Gasteiger partial charge on any atom is 0.179 e. The second kappa shape index (κ2) is 3.85. The van der Waals surface area contributed by atoms with Gasteiger partial charge in [0.05, 0.1) is 11.8 Å². The number of aryl methyl sites for hydroxylation is 1. The van der Waals surface area contributed by atoms with E-state index >= 15 is 0 Å². The molecule has 3 nitrogen and oxygen atoms in total. The Morgan fingerprint density at radius 2 is 2.64 bits per heavy atom. The summed E-state index contributed by atoms with van der Waals surface area (Å²) in [6.07, 6.45) is 0. The molecule has 1 aromatic rings. The number of nitriles is 1. The molecule has 1 rings (SSSR count). The second-order valence-corrected chi connectivity index (χ2v) is 4.55. The fourth-order valence-electron chi connectivity index (χ4n) is 0.477. The highest BCUT2D eigenvalue weighted by atomic mass is 32.2. The predicted molar refractivity (Wildman–Crippen MR) is 48.3 cm³/mol. The normalized spacial score (nSPS) is 9.45. The minimum atomic E-state index is 0.433. The van der Waals surface area contributed by atoms with Crippen molar-refractivity contribution in [3.63, 3.8) is 0 Å². The van der Waals surface area contributed by atoms with Gasteiger partial charge < -0.3 is 0 Å². The van der Waals surface area contributed by atoms with Gasteiger partial charge in [0.2, 0.25) is 0 Å². The lowest BCUT2D eigenvalue weighted by molar-refractivity contribution is 0.730. The molecule has 0 bridgehead atoms. The van der Waals surface area contributed by atoms with Crippen LogP contribution in [0.4, 0.5) is 0 Å². The molecular weight excluding hydrogens is 198 g/mol. The van der Waals surface area contributed by atoms with Crippen LogP contribution in [0.5, 0.6) is 0 Å². The molecule has 1 heterocycles. The maximum atomic E-state index is 8.28. The minimum absolute atomic E-state index is 0.433. The van der Waals surface area contributed by atoms with Gasteiger partial charge in [-0.1, -0.05) is 23.1 Å². The Morgan fingerprint density at radius 1 is 1.91 bits per heavy atom. The van der Waals surface area contributed by atoms with Gasteiger partial charge in [0, 0.05) is 7.05 Å². The molecule has 0 saturated heterocycles. The summed E-state index contributed by atoms with van der Waals surface area (Å²) in [7, 11) is 1.80. The van der Waals surface area contributed by atoms with Crippen LogP contribution in [0.3, 0.4) is 0 Å². The van der Waals surface area contributed by atoms with Crippen molar-refractivity contribution in [2.45, 2.75) is 4.34 Å². The maximum absolute atomic E-state index is 8.28. The summed E-state index contributed by atoms with van der Waals surface area (Å²) in [6.45, 7) is 0. The average molecular weight is 203 g/mol. The van der Waals surface area contributed by atoms with Gasteiger partial charge >= 0.3 is 0 Å². The Labute approximate surface area is 77.7 Å². The molecule has 0 aliphatic heterocycles. The molecule has 1 aromatic heterocycles. The molecule has 0 atom stereocenters. The van der Waals surface area contributed by atoms with Crippen LogP contribution in [0.25, 0.3) is 0 Å². The third-order valence-electron chi connectivity index (χ3n) is 0.931. The monoisotopic (exact) mass is 203 g/mol. The fraction of sp³-hybridized carbons (Fsp3) is 0.400. The Balaban J connectivity index is 2.75. The van der Waals surface area contributed by atoms with Gasteiger partial charge in [0.1, 0.15) is 0 Å². The molecule has 58 valence electrons. The molecule has 0 radical (unpaired) electrons. The number of nitrogens with zero attached hydrogens (tertiary/aromatic N) is 3. The van der Waals surface area contributed by atoms with Crippen molar-refractivity contribution in [3.05, 3.63) is 3.95 Å². The van der Waals surface area contributed by atoms with Gasteiger partial charge in [-0.15, -0.1) is 0 Å². The van der Waals surface area contributed by atoms with E-state index in [2.05, 4.69) is 5.10 Å².